The topological polar surface area (TPSA) is 63.6 Å². The molecule has 1 unspecified atom stereocenters. The Labute approximate surface area is 83.6 Å². The average molecular weight is 200 g/mol. The standard InChI is InChI=1S/C10H16O4/c1-7(11)9(13)5-6-10(3,4)14-8(2)12/h5-7,11H,1-4H3. The van der Waals surface area contributed by atoms with Gasteiger partial charge in [0.1, 0.15) is 11.7 Å². The summed E-state index contributed by atoms with van der Waals surface area (Å²) in [6.07, 6.45) is 1.64. The first-order valence-electron chi connectivity index (χ1n) is 4.35. The molecule has 4 heteroatoms. The molecule has 0 radical (unpaired) electrons. The maximum absolute atomic E-state index is 11.0. The average Bonchev–Trinajstić information content (AvgIpc) is 1.97. The summed E-state index contributed by atoms with van der Waals surface area (Å²) in [5.41, 5.74) is -0.823. The predicted molar refractivity (Wildman–Crippen MR) is 51.7 cm³/mol. The number of hydrogen-bond acceptors (Lipinski definition) is 4. The highest BCUT2D eigenvalue weighted by Crippen LogP contribution is 2.11. The molecular formula is C10H16O4. The Kier molecular flexibility index (Phi) is 4.50. The summed E-state index contributed by atoms with van der Waals surface area (Å²) in [7, 11) is 0. The van der Waals surface area contributed by atoms with Gasteiger partial charge in [0.25, 0.3) is 0 Å². The van der Waals surface area contributed by atoms with Crippen LogP contribution in [0.4, 0.5) is 0 Å². The van der Waals surface area contributed by atoms with Gasteiger partial charge in [0.05, 0.1) is 0 Å². The second-order valence-corrected chi connectivity index (χ2v) is 3.61. The van der Waals surface area contributed by atoms with Gasteiger partial charge in [0.2, 0.25) is 0 Å². The van der Waals surface area contributed by atoms with Crippen molar-refractivity contribution < 1.29 is 19.4 Å². The molecule has 0 aromatic heterocycles. The lowest BCUT2D eigenvalue weighted by Gasteiger charge is -2.19. The van der Waals surface area contributed by atoms with Gasteiger partial charge in [-0.3, -0.25) is 9.59 Å². The molecule has 0 aromatic rings. The molecule has 0 saturated carbocycles. The number of aliphatic hydroxyl groups excluding tert-OH is 1. The minimum atomic E-state index is -1.03. The second kappa shape index (κ2) is 4.91. The second-order valence-electron chi connectivity index (χ2n) is 3.61. The quantitative estimate of drug-likeness (QED) is 0.539. The molecule has 0 spiro atoms. The van der Waals surface area contributed by atoms with Gasteiger partial charge in [-0.1, -0.05) is 0 Å². The van der Waals surface area contributed by atoms with E-state index in [1.54, 1.807) is 13.8 Å². The van der Waals surface area contributed by atoms with Crippen LogP contribution in [0.5, 0.6) is 0 Å². The fourth-order valence-electron chi connectivity index (χ4n) is 0.827. The Hall–Kier alpha value is -1.16. The fourth-order valence-corrected chi connectivity index (χ4v) is 0.827. The highest BCUT2D eigenvalue weighted by Gasteiger charge is 2.17. The van der Waals surface area contributed by atoms with Crippen LogP contribution >= 0.6 is 0 Å². The van der Waals surface area contributed by atoms with Crippen molar-refractivity contribution in [3.63, 3.8) is 0 Å². The lowest BCUT2D eigenvalue weighted by Crippen LogP contribution is -2.25. The summed E-state index contributed by atoms with van der Waals surface area (Å²) in [4.78, 5) is 21.6. The predicted octanol–water partition coefficient (Wildman–Crippen LogP) is 0.834. The Balaban J connectivity index is 4.34. The Morgan fingerprint density at radius 2 is 1.93 bits per heavy atom. The number of ketones is 1. The van der Waals surface area contributed by atoms with Crippen molar-refractivity contribution in [1.82, 2.24) is 0 Å². The van der Waals surface area contributed by atoms with E-state index in [2.05, 4.69) is 0 Å². The molecule has 1 N–H and O–H groups in total. The normalized spacial score (nSPS) is 14.1. The van der Waals surface area contributed by atoms with E-state index >= 15 is 0 Å². The summed E-state index contributed by atoms with van der Waals surface area (Å²) >= 11 is 0. The molecule has 0 saturated heterocycles. The molecule has 0 rings (SSSR count). The zero-order valence-electron chi connectivity index (χ0n) is 8.90. The molecule has 80 valence electrons. The minimum absolute atomic E-state index is 0.412. The van der Waals surface area contributed by atoms with Gasteiger partial charge >= 0.3 is 5.97 Å². The molecule has 1 atom stereocenters. The third-order valence-electron chi connectivity index (χ3n) is 1.47. The van der Waals surface area contributed by atoms with Crippen LogP contribution in [-0.2, 0) is 14.3 Å². The van der Waals surface area contributed by atoms with Crippen molar-refractivity contribution in [3.8, 4) is 0 Å². The van der Waals surface area contributed by atoms with Gasteiger partial charge in [-0.05, 0) is 32.9 Å². The van der Waals surface area contributed by atoms with Gasteiger partial charge in [0.15, 0.2) is 5.78 Å². The fraction of sp³-hybridized carbons (Fsp3) is 0.600. The summed E-state index contributed by atoms with van der Waals surface area (Å²) in [6, 6.07) is 0. The van der Waals surface area contributed by atoms with Crippen molar-refractivity contribution in [2.24, 2.45) is 0 Å². The molecule has 0 aliphatic heterocycles. The molecule has 0 bridgehead atoms. The molecule has 0 aliphatic rings. The Morgan fingerprint density at radius 3 is 2.29 bits per heavy atom. The van der Waals surface area contributed by atoms with Gasteiger partial charge in [0, 0.05) is 6.92 Å². The first kappa shape index (κ1) is 12.8. The van der Waals surface area contributed by atoms with E-state index in [-0.39, 0.29) is 0 Å². The van der Waals surface area contributed by atoms with Gasteiger partial charge in [-0.15, -0.1) is 0 Å². The van der Waals surface area contributed by atoms with Crippen LogP contribution in [0.15, 0.2) is 12.2 Å². The summed E-state index contributed by atoms with van der Waals surface area (Å²) in [5.74, 6) is -0.825. The number of carbonyl (C=O) groups is 2. The van der Waals surface area contributed by atoms with Crippen molar-refractivity contribution in [3.05, 3.63) is 12.2 Å². The summed E-state index contributed by atoms with van der Waals surface area (Å²) in [6.45, 7) is 5.98. The van der Waals surface area contributed by atoms with Crippen molar-refractivity contribution in [2.45, 2.75) is 39.4 Å². The van der Waals surface area contributed by atoms with Crippen LogP contribution in [0.2, 0.25) is 0 Å². The molecule has 0 aromatic carbocycles. The van der Waals surface area contributed by atoms with Crippen LogP contribution in [-0.4, -0.2) is 28.6 Å². The number of hydrogen-bond donors (Lipinski definition) is 1. The van der Waals surface area contributed by atoms with Crippen LogP contribution in [0, 0.1) is 0 Å². The third-order valence-corrected chi connectivity index (χ3v) is 1.47. The number of rotatable bonds is 4. The van der Waals surface area contributed by atoms with Gasteiger partial charge < -0.3 is 9.84 Å². The SMILES string of the molecule is CC(=O)OC(C)(C)C=CC(=O)C(C)O. The van der Waals surface area contributed by atoms with E-state index in [1.165, 1.54) is 26.0 Å². The van der Waals surface area contributed by atoms with E-state index in [0.717, 1.165) is 0 Å². The van der Waals surface area contributed by atoms with Crippen molar-refractivity contribution in [2.75, 3.05) is 0 Å². The first-order valence-corrected chi connectivity index (χ1v) is 4.35. The molecule has 0 amide bonds. The molecule has 0 aliphatic carbocycles. The van der Waals surface area contributed by atoms with Crippen LogP contribution in [0.1, 0.15) is 27.7 Å². The lowest BCUT2D eigenvalue weighted by atomic mass is 10.1. The zero-order chi connectivity index (χ0) is 11.4. The molecule has 14 heavy (non-hydrogen) atoms. The lowest BCUT2D eigenvalue weighted by molar-refractivity contribution is -0.149. The van der Waals surface area contributed by atoms with E-state index < -0.39 is 23.5 Å². The largest absolute Gasteiger partial charge is 0.456 e. The molecule has 4 nitrogen and oxygen atoms in total. The number of ether oxygens (including phenoxy) is 1. The van der Waals surface area contributed by atoms with E-state index in [4.69, 9.17) is 9.84 Å². The maximum Gasteiger partial charge on any atom is 0.303 e. The van der Waals surface area contributed by atoms with E-state index in [1.807, 2.05) is 0 Å². The van der Waals surface area contributed by atoms with Gasteiger partial charge in [-0.2, -0.15) is 0 Å². The van der Waals surface area contributed by atoms with E-state index in [0.29, 0.717) is 0 Å². The van der Waals surface area contributed by atoms with E-state index in [9.17, 15) is 9.59 Å². The maximum atomic E-state index is 11.0. The van der Waals surface area contributed by atoms with Crippen LogP contribution in [0.25, 0.3) is 0 Å². The smallest absolute Gasteiger partial charge is 0.303 e. The molecule has 0 fully saturated rings. The molecular weight excluding hydrogens is 184 g/mol. The summed E-state index contributed by atoms with van der Waals surface area (Å²) in [5, 5.41) is 8.89. The third kappa shape index (κ3) is 5.48. The zero-order valence-corrected chi connectivity index (χ0v) is 8.90. The van der Waals surface area contributed by atoms with Crippen LogP contribution in [0.3, 0.4) is 0 Å². The minimum Gasteiger partial charge on any atom is -0.456 e. The molecule has 0 heterocycles. The Morgan fingerprint density at radius 1 is 1.43 bits per heavy atom. The monoisotopic (exact) mass is 200 g/mol. The van der Waals surface area contributed by atoms with Gasteiger partial charge in [-0.25, -0.2) is 0 Å². The number of aliphatic hydroxyl groups is 1. The van der Waals surface area contributed by atoms with Crippen LogP contribution < -0.4 is 0 Å². The summed E-state index contributed by atoms with van der Waals surface area (Å²) < 4.78 is 4.91. The van der Waals surface area contributed by atoms with Crippen molar-refractivity contribution >= 4 is 11.8 Å². The Bertz CT molecular complexity index is 251. The number of esters is 1. The highest BCUT2D eigenvalue weighted by molar-refractivity contribution is 5.93. The van der Waals surface area contributed by atoms with Crippen molar-refractivity contribution in [1.29, 1.82) is 0 Å². The number of carbonyl (C=O) groups excluding carboxylic acids is 2. The highest BCUT2D eigenvalue weighted by atomic mass is 16.6. The first-order chi connectivity index (χ1) is 6.24.